The third kappa shape index (κ3) is 5.34. The number of benzene rings is 2. The van der Waals surface area contributed by atoms with Crippen molar-refractivity contribution in [3.63, 3.8) is 0 Å². The first-order valence-corrected chi connectivity index (χ1v) is 12.5. The van der Waals surface area contributed by atoms with Crippen LogP contribution in [0.5, 0.6) is 11.5 Å². The lowest BCUT2D eigenvalue weighted by Crippen LogP contribution is -2.39. The fourth-order valence-electron chi connectivity index (χ4n) is 2.95. The predicted molar refractivity (Wildman–Crippen MR) is 124 cm³/mol. The summed E-state index contributed by atoms with van der Waals surface area (Å²) in [5.41, 5.74) is 7.11. The summed E-state index contributed by atoms with van der Waals surface area (Å²) in [5, 5.41) is 6.59. The Hall–Kier alpha value is -3.96. The molecule has 0 saturated heterocycles. The van der Waals surface area contributed by atoms with E-state index in [4.69, 9.17) is 22.1 Å². The number of alkyl halides is 3. The van der Waals surface area contributed by atoms with Gasteiger partial charge in [-0.25, -0.2) is 18.6 Å². The number of hydrogen-bond acceptors (Lipinski definition) is 9. The number of thiazole rings is 1. The first-order chi connectivity index (χ1) is 17.8. The van der Waals surface area contributed by atoms with Crippen molar-refractivity contribution in [3.8, 4) is 22.6 Å². The van der Waals surface area contributed by atoms with Crippen LogP contribution >= 0.6 is 22.9 Å². The van der Waals surface area contributed by atoms with E-state index in [9.17, 15) is 30.8 Å². The summed E-state index contributed by atoms with van der Waals surface area (Å²) in [6, 6.07) is 4.26. The maximum atomic E-state index is 15.1. The molecule has 0 aliphatic carbocycles. The molecule has 0 unspecified atom stereocenters. The Bertz CT molecular complexity index is 1610. The fraction of sp³-hybridized carbons (Fsp3) is 0.0500. The second-order valence-corrected chi connectivity index (χ2v) is 9.96. The molecule has 10 nitrogen and oxygen atoms in total. The smallest absolute Gasteiger partial charge is 0.455 e. The van der Waals surface area contributed by atoms with Crippen molar-refractivity contribution in [2.45, 2.75) is 11.1 Å². The monoisotopic (exact) mass is 595 g/mol. The van der Waals surface area contributed by atoms with Gasteiger partial charge < -0.3 is 15.3 Å². The number of H-pyrrole nitrogens is 1. The van der Waals surface area contributed by atoms with E-state index in [1.54, 1.807) is 0 Å². The molecule has 4 aromatic rings. The lowest BCUT2D eigenvalue weighted by atomic mass is 10.1. The SMILES string of the molecule is Nc1[nH]ncc1-c1cc(F)ccc1Oc1cc(F)c(S(=O)(=O)N(OC(=O)C(F)(F)F)c2cscn2)cc1Cl. The largest absolute Gasteiger partial charge is 0.493 e. The maximum absolute atomic E-state index is 15.1. The van der Waals surface area contributed by atoms with Gasteiger partial charge in [0.1, 0.15) is 33.8 Å². The third-order valence-corrected chi connectivity index (χ3v) is 7.04. The van der Waals surface area contributed by atoms with Gasteiger partial charge in [-0.15, -0.1) is 11.3 Å². The number of aromatic nitrogens is 3. The van der Waals surface area contributed by atoms with Crippen molar-refractivity contribution >= 4 is 50.6 Å². The molecule has 0 radical (unpaired) electrons. The number of nitrogen functional groups attached to an aromatic ring is 1. The minimum Gasteiger partial charge on any atom is -0.455 e. The molecule has 38 heavy (non-hydrogen) atoms. The van der Waals surface area contributed by atoms with Crippen LogP contribution in [-0.2, 0) is 19.7 Å². The van der Waals surface area contributed by atoms with Crippen molar-refractivity contribution in [1.82, 2.24) is 15.2 Å². The van der Waals surface area contributed by atoms with Gasteiger partial charge in [0, 0.05) is 22.6 Å². The van der Waals surface area contributed by atoms with E-state index in [0.29, 0.717) is 12.1 Å². The Labute approximate surface area is 218 Å². The molecule has 2 heterocycles. The molecular weight excluding hydrogens is 585 g/mol. The topological polar surface area (TPSA) is 140 Å². The van der Waals surface area contributed by atoms with Gasteiger partial charge in [0.2, 0.25) is 0 Å². The first kappa shape index (κ1) is 27.1. The predicted octanol–water partition coefficient (Wildman–Crippen LogP) is 5.06. The highest BCUT2D eigenvalue weighted by Gasteiger charge is 2.45. The van der Waals surface area contributed by atoms with E-state index < -0.39 is 59.8 Å². The molecular formula is C20H11ClF5N5O5S2. The van der Waals surface area contributed by atoms with E-state index >= 15 is 4.39 Å². The Balaban J connectivity index is 1.74. The number of nitrogens with one attached hydrogen (secondary N) is 1. The standard InChI is InChI=1S/C20H11ClF5N5O5S2/c21-12-4-16(38(33,34)31(17-7-37-8-28-17)36-19(32)20(24,25)26)13(23)5-15(12)35-14-2-1-9(22)3-10(14)11-6-29-30-18(11)27/h1-8H,(H3,27,29,30). The number of carbonyl (C=O) groups excluding carboxylic acids is 1. The summed E-state index contributed by atoms with van der Waals surface area (Å²) in [4.78, 5) is 17.6. The maximum Gasteiger partial charge on any atom is 0.493 e. The average Bonchev–Trinajstić information content (AvgIpc) is 3.51. The van der Waals surface area contributed by atoms with Crippen molar-refractivity contribution < 1.29 is 44.7 Å². The van der Waals surface area contributed by atoms with Crippen LogP contribution in [0, 0.1) is 11.6 Å². The molecule has 0 atom stereocenters. The van der Waals surface area contributed by atoms with Gasteiger partial charge in [-0.05, 0) is 24.3 Å². The number of halogens is 6. The summed E-state index contributed by atoms with van der Waals surface area (Å²) in [5.74, 6) is -6.36. The number of anilines is 2. The number of ether oxygens (including phenoxy) is 1. The van der Waals surface area contributed by atoms with Crippen LogP contribution in [0.25, 0.3) is 11.1 Å². The molecule has 18 heteroatoms. The van der Waals surface area contributed by atoms with Crippen LogP contribution in [0.3, 0.4) is 0 Å². The van der Waals surface area contributed by atoms with Crippen molar-refractivity contribution in [1.29, 1.82) is 0 Å². The zero-order chi connectivity index (χ0) is 27.8. The van der Waals surface area contributed by atoms with Gasteiger partial charge >= 0.3 is 12.1 Å². The number of hydrogen-bond donors (Lipinski definition) is 2. The highest BCUT2D eigenvalue weighted by Crippen LogP contribution is 2.40. The average molecular weight is 596 g/mol. The van der Waals surface area contributed by atoms with E-state index in [1.165, 1.54) is 6.20 Å². The second kappa shape index (κ2) is 10.1. The Morgan fingerprint density at radius 2 is 1.87 bits per heavy atom. The Morgan fingerprint density at radius 1 is 1.13 bits per heavy atom. The normalized spacial score (nSPS) is 11.8. The highest BCUT2D eigenvalue weighted by molar-refractivity contribution is 7.92. The van der Waals surface area contributed by atoms with Gasteiger partial charge in [-0.3, -0.25) is 5.10 Å². The van der Waals surface area contributed by atoms with Crippen LogP contribution in [0.4, 0.5) is 33.6 Å². The quantitative estimate of drug-likeness (QED) is 0.223. The zero-order valence-electron chi connectivity index (χ0n) is 18.2. The number of rotatable bonds is 7. The molecule has 2 aromatic heterocycles. The molecule has 0 aliphatic rings. The minimum absolute atomic E-state index is 0.0507. The fourth-order valence-corrected chi connectivity index (χ4v) is 5.05. The van der Waals surface area contributed by atoms with Gasteiger partial charge in [-0.1, -0.05) is 16.1 Å². The molecule has 0 saturated carbocycles. The van der Waals surface area contributed by atoms with Crippen molar-refractivity contribution in [3.05, 3.63) is 64.1 Å². The van der Waals surface area contributed by atoms with Gasteiger partial charge in [0.15, 0.2) is 5.82 Å². The van der Waals surface area contributed by atoms with E-state index in [-0.39, 0.29) is 22.7 Å². The summed E-state index contributed by atoms with van der Waals surface area (Å²) in [6.07, 6.45) is -4.31. The van der Waals surface area contributed by atoms with Gasteiger partial charge in [0.05, 0.1) is 16.7 Å². The number of carbonyl (C=O) groups is 1. The van der Waals surface area contributed by atoms with Crippen LogP contribution < -0.4 is 14.9 Å². The van der Waals surface area contributed by atoms with E-state index in [0.717, 1.165) is 40.4 Å². The van der Waals surface area contributed by atoms with Crippen LogP contribution in [-0.4, -0.2) is 35.7 Å². The molecule has 4 rings (SSSR count). The van der Waals surface area contributed by atoms with Crippen LogP contribution in [0.2, 0.25) is 5.02 Å². The molecule has 0 bridgehead atoms. The lowest BCUT2D eigenvalue weighted by Gasteiger charge is -2.21. The zero-order valence-corrected chi connectivity index (χ0v) is 20.6. The highest BCUT2D eigenvalue weighted by atomic mass is 35.5. The van der Waals surface area contributed by atoms with Crippen molar-refractivity contribution in [2.24, 2.45) is 0 Å². The summed E-state index contributed by atoms with van der Waals surface area (Å²) in [7, 11) is -5.34. The summed E-state index contributed by atoms with van der Waals surface area (Å²) < 4.78 is 98.5. The molecule has 3 N–H and O–H groups in total. The molecule has 0 aliphatic heterocycles. The molecule has 0 fully saturated rings. The number of aromatic amines is 1. The molecule has 0 amide bonds. The van der Waals surface area contributed by atoms with Gasteiger partial charge in [0.25, 0.3) is 10.0 Å². The van der Waals surface area contributed by atoms with Crippen LogP contribution in [0.15, 0.2) is 52.3 Å². The van der Waals surface area contributed by atoms with Crippen molar-refractivity contribution in [2.75, 3.05) is 10.2 Å². The molecule has 200 valence electrons. The number of nitrogens with two attached hydrogens (primary N) is 1. The number of sulfonamides is 1. The Kier molecular flexibility index (Phi) is 7.18. The number of nitrogens with zero attached hydrogens (tertiary/aromatic N) is 3. The lowest BCUT2D eigenvalue weighted by molar-refractivity contribution is -0.199. The van der Waals surface area contributed by atoms with Gasteiger partial charge in [-0.2, -0.15) is 26.7 Å². The molecule has 0 spiro atoms. The van der Waals surface area contributed by atoms with E-state index in [2.05, 4.69) is 20.0 Å². The van der Waals surface area contributed by atoms with E-state index in [1.807, 2.05) is 0 Å². The molecule has 2 aromatic carbocycles. The minimum atomic E-state index is -5.58. The summed E-state index contributed by atoms with van der Waals surface area (Å²) >= 11 is 6.87. The first-order valence-electron chi connectivity index (χ1n) is 9.77. The summed E-state index contributed by atoms with van der Waals surface area (Å²) in [6.45, 7) is 0. The van der Waals surface area contributed by atoms with Crippen LogP contribution in [0.1, 0.15) is 0 Å². The second-order valence-electron chi connectivity index (χ2n) is 7.11. The third-order valence-electron chi connectivity index (χ3n) is 4.61. The Morgan fingerprint density at radius 3 is 2.47 bits per heavy atom.